The van der Waals surface area contributed by atoms with E-state index in [1.54, 1.807) is 0 Å². The van der Waals surface area contributed by atoms with Gasteiger partial charge in [0, 0.05) is 6.54 Å². The first-order valence-corrected chi connectivity index (χ1v) is 7.64. The summed E-state index contributed by atoms with van der Waals surface area (Å²) in [5.74, 6) is 0.0292. The van der Waals surface area contributed by atoms with E-state index in [0.717, 1.165) is 32.1 Å². The number of carbonyl (C=O) groups excluding carboxylic acids is 1. The minimum absolute atomic E-state index is 0.0292. The zero-order valence-corrected chi connectivity index (χ0v) is 12.7. The molecule has 0 radical (unpaired) electrons. The van der Waals surface area contributed by atoms with E-state index < -0.39 is 5.54 Å². The Morgan fingerprint density at radius 2 is 1.75 bits per heavy atom. The summed E-state index contributed by atoms with van der Waals surface area (Å²) < 4.78 is 0. The van der Waals surface area contributed by atoms with Gasteiger partial charge in [-0.15, -0.1) is 0 Å². The molecule has 0 atom stereocenters. The fourth-order valence-corrected chi connectivity index (χ4v) is 3.12. The van der Waals surface area contributed by atoms with Crippen molar-refractivity contribution in [1.82, 2.24) is 5.32 Å². The second-order valence-electron chi connectivity index (χ2n) is 6.22. The molecule has 1 saturated carbocycles. The van der Waals surface area contributed by atoms with Gasteiger partial charge in [0.1, 0.15) is 0 Å². The maximum absolute atomic E-state index is 12.2. The minimum Gasteiger partial charge on any atom is -0.354 e. The van der Waals surface area contributed by atoms with Crippen molar-refractivity contribution in [2.24, 2.45) is 5.73 Å². The summed E-state index contributed by atoms with van der Waals surface area (Å²) in [4.78, 5) is 12.2. The lowest BCUT2D eigenvalue weighted by atomic mass is 9.82. The third kappa shape index (κ3) is 3.83. The maximum Gasteiger partial charge on any atom is 0.240 e. The molecule has 1 aliphatic carbocycles. The summed E-state index contributed by atoms with van der Waals surface area (Å²) in [7, 11) is 0. The van der Waals surface area contributed by atoms with Gasteiger partial charge in [0.05, 0.1) is 5.54 Å². The van der Waals surface area contributed by atoms with Gasteiger partial charge in [-0.1, -0.05) is 48.6 Å². The fourth-order valence-electron chi connectivity index (χ4n) is 3.12. The molecule has 0 aromatic heterocycles. The number of hydrogen-bond acceptors (Lipinski definition) is 2. The molecule has 20 heavy (non-hydrogen) atoms. The Bertz CT molecular complexity index is 456. The van der Waals surface area contributed by atoms with Crippen molar-refractivity contribution in [2.45, 2.75) is 57.9 Å². The molecule has 0 unspecified atom stereocenters. The van der Waals surface area contributed by atoms with Gasteiger partial charge in [0.2, 0.25) is 5.91 Å². The molecule has 1 amide bonds. The second kappa shape index (κ2) is 6.40. The third-order valence-electron chi connectivity index (χ3n) is 4.18. The Morgan fingerprint density at radius 1 is 1.15 bits per heavy atom. The summed E-state index contributed by atoms with van der Waals surface area (Å²) in [6.07, 6.45) is 5.85. The first kappa shape index (κ1) is 15.0. The van der Waals surface area contributed by atoms with Crippen molar-refractivity contribution < 1.29 is 4.79 Å². The van der Waals surface area contributed by atoms with Crippen molar-refractivity contribution >= 4 is 5.91 Å². The van der Waals surface area contributed by atoms with Crippen LogP contribution < -0.4 is 11.1 Å². The highest BCUT2D eigenvalue weighted by molar-refractivity contribution is 5.86. The van der Waals surface area contributed by atoms with Crippen molar-refractivity contribution in [3.8, 4) is 0 Å². The van der Waals surface area contributed by atoms with Gasteiger partial charge in [0.15, 0.2) is 0 Å². The molecule has 3 heteroatoms. The quantitative estimate of drug-likeness (QED) is 0.886. The van der Waals surface area contributed by atoms with Gasteiger partial charge in [0.25, 0.3) is 0 Å². The molecule has 1 aromatic rings. The van der Waals surface area contributed by atoms with Crippen molar-refractivity contribution in [3.05, 3.63) is 34.9 Å². The molecule has 1 aliphatic rings. The Kier molecular flexibility index (Phi) is 4.81. The van der Waals surface area contributed by atoms with Gasteiger partial charge in [-0.2, -0.15) is 0 Å². The lowest BCUT2D eigenvalue weighted by Crippen LogP contribution is -2.55. The lowest BCUT2D eigenvalue weighted by molar-refractivity contribution is -0.127. The maximum atomic E-state index is 12.2. The van der Waals surface area contributed by atoms with Crippen molar-refractivity contribution in [1.29, 1.82) is 0 Å². The number of hydrogen-bond donors (Lipinski definition) is 2. The van der Waals surface area contributed by atoms with Crippen LogP contribution >= 0.6 is 0 Å². The Hall–Kier alpha value is -1.35. The minimum atomic E-state index is -0.624. The summed E-state index contributed by atoms with van der Waals surface area (Å²) in [5.41, 5.74) is 9.41. The molecule has 3 nitrogen and oxygen atoms in total. The van der Waals surface area contributed by atoms with E-state index in [0.29, 0.717) is 6.54 Å². The highest BCUT2D eigenvalue weighted by Gasteiger charge is 2.34. The van der Waals surface area contributed by atoms with E-state index in [-0.39, 0.29) is 5.91 Å². The summed E-state index contributed by atoms with van der Waals surface area (Å²) in [5, 5.41) is 3.02. The first-order valence-electron chi connectivity index (χ1n) is 7.64. The van der Waals surface area contributed by atoms with Crippen LogP contribution in [0.3, 0.4) is 0 Å². The van der Waals surface area contributed by atoms with E-state index in [1.165, 1.54) is 23.1 Å². The molecule has 1 fully saturated rings. The zero-order valence-electron chi connectivity index (χ0n) is 12.7. The average molecular weight is 274 g/mol. The molecule has 1 aromatic carbocycles. The topological polar surface area (TPSA) is 55.1 Å². The van der Waals surface area contributed by atoms with Crippen LogP contribution in [-0.2, 0) is 11.2 Å². The molecule has 110 valence electrons. The number of benzene rings is 1. The van der Waals surface area contributed by atoms with Gasteiger partial charge >= 0.3 is 0 Å². The van der Waals surface area contributed by atoms with E-state index in [9.17, 15) is 4.79 Å². The van der Waals surface area contributed by atoms with Crippen LogP contribution in [0.25, 0.3) is 0 Å². The molecule has 0 bridgehead atoms. The molecule has 0 heterocycles. The van der Waals surface area contributed by atoms with E-state index in [1.807, 2.05) is 0 Å². The number of carbonyl (C=O) groups is 1. The Balaban J connectivity index is 1.84. The number of nitrogens with two attached hydrogens (primary N) is 1. The third-order valence-corrected chi connectivity index (χ3v) is 4.18. The SMILES string of the molecule is Cc1cc(C)cc(CCNC(=O)C2(N)CCCCC2)c1. The van der Waals surface area contributed by atoms with Crippen LogP contribution in [0.15, 0.2) is 18.2 Å². The van der Waals surface area contributed by atoms with Gasteiger partial charge in [-0.3, -0.25) is 4.79 Å². The highest BCUT2D eigenvalue weighted by atomic mass is 16.2. The molecule has 0 saturated heterocycles. The van der Waals surface area contributed by atoms with Crippen LogP contribution in [0.1, 0.15) is 48.8 Å². The summed E-state index contributed by atoms with van der Waals surface area (Å²) >= 11 is 0. The van der Waals surface area contributed by atoms with Crippen LogP contribution in [-0.4, -0.2) is 18.0 Å². The standard InChI is InChI=1S/C17H26N2O/c1-13-10-14(2)12-15(11-13)6-9-19-16(20)17(18)7-4-3-5-8-17/h10-12H,3-9,18H2,1-2H3,(H,19,20). The monoisotopic (exact) mass is 274 g/mol. The van der Waals surface area contributed by atoms with Crippen LogP contribution in [0.5, 0.6) is 0 Å². The Morgan fingerprint density at radius 3 is 2.35 bits per heavy atom. The van der Waals surface area contributed by atoms with Crippen LogP contribution in [0.4, 0.5) is 0 Å². The van der Waals surface area contributed by atoms with E-state index in [4.69, 9.17) is 5.73 Å². The molecule has 0 aliphatic heterocycles. The van der Waals surface area contributed by atoms with Gasteiger partial charge in [-0.25, -0.2) is 0 Å². The highest BCUT2D eigenvalue weighted by Crippen LogP contribution is 2.25. The molecule has 0 spiro atoms. The lowest BCUT2D eigenvalue weighted by Gasteiger charge is -2.31. The largest absolute Gasteiger partial charge is 0.354 e. The second-order valence-corrected chi connectivity index (χ2v) is 6.22. The van der Waals surface area contributed by atoms with E-state index >= 15 is 0 Å². The van der Waals surface area contributed by atoms with Crippen molar-refractivity contribution in [2.75, 3.05) is 6.54 Å². The summed E-state index contributed by atoms with van der Waals surface area (Å²) in [6.45, 7) is 4.87. The summed E-state index contributed by atoms with van der Waals surface area (Å²) in [6, 6.07) is 6.52. The first-order chi connectivity index (χ1) is 9.49. The van der Waals surface area contributed by atoms with Crippen LogP contribution in [0, 0.1) is 13.8 Å². The van der Waals surface area contributed by atoms with E-state index in [2.05, 4.69) is 37.4 Å². The number of aryl methyl sites for hydroxylation is 2. The fraction of sp³-hybridized carbons (Fsp3) is 0.588. The normalized spacial score (nSPS) is 17.8. The predicted molar refractivity (Wildman–Crippen MR) is 82.6 cm³/mol. The number of rotatable bonds is 4. The van der Waals surface area contributed by atoms with Gasteiger partial charge < -0.3 is 11.1 Å². The molecule has 2 rings (SSSR count). The molecular weight excluding hydrogens is 248 g/mol. The molecule has 3 N–H and O–H groups in total. The zero-order chi connectivity index (χ0) is 14.6. The molecular formula is C17H26N2O. The Labute approximate surface area is 121 Å². The number of amides is 1. The van der Waals surface area contributed by atoms with Gasteiger partial charge in [-0.05, 0) is 38.7 Å². The van der Waals surface area contributed by atoms with Crippen LogP contribution in [0.2, 0.25) is 0 Å². The predicted octanol–water partition coefficient (Wildman–Crippen LogP) is 2.62. The number of nitrogens with one attached hydrogen (secondary N) is 1. The smallest absolute Gasteiger partial charge is 0.240 e. The van der Waals surface area contributed by atoms with Crippen molar-refractivity contribution in [3.63, 3.8) is 0 Å². The average Bonchev–Trinajstić information content (AvgIpc) is 2.38.